The molecule has 0 fully saturated rings. The molecule has 0 atom stereocenters. The summed E-state index contributed by atoms with van der Waals surface area (Å²) in [6.45, 7) is 12.8. The van der Waals surface area contributed by atoms with Crippen LogP contribution in [0.5, 0.6) is 0 Å². The second kappa shape index (κ2) is 16.7. The second-order valence-corrected chi connectivity index (χ2v) is 13.3. The molecule has 0 N–H and O–H groups in total. The molecule has 0 aliphatic carbocycles. The van der Waals surface area contributed by atoms with Crippen molar-refractivity contribution < 1.29 is 0 Å². The van der Waals surface area contributed by atoms with E-state index in [2.05, 4.69) is 196 Å². The standard InChI is InChI=1S/C53H43N/c1-5-7-18-40(6-2)46-25-16-26-47(34-46)50-36-48(35-49(37-50)42-21-12-9-13-22-42)38(3)33-53(54-39(4)41-19-10-8-11-20-41)45-31-29-44(30-32-45)52-28-17-24-43-23-14-15-27-51(43)52/h5-37H,2-3H2,1,4H3/b7-5-,40-18+,53-33-,54-39+. The molecule has 0 amide bonds. The molecule has 7 rings (SSSR count). The van der Waals surface area contributed by atoms with Gasteiger partial charge in [0.05, 0.1) is 5.70 Å². The molecule has 0 spiro atoms. The van der Waals surface area contributed by atoms with Gasteiger partial charge < -0.3 is 0 Å². The summed E-state index contributed by atoms with van der Waals surface area (Å²) in [6.07, 6.45) is 10.2. The van der Waals surface area contributed by atoms with Crippen LogP contribution in [0.1, 0.15) is 36.1 Å². The first-order valence-corrected chi connectivity index (χ1v) is 18.4. The van der Waals surface area contributed by atoms with E-state index in [-0.39, 0.29) is 0 Å². The predicted octanol–water partition coefficient (Wildman–Crippen LogP) is 14.5. The molecule has 7 aromatic carbocycles. The molecule has 0 saturated heterocycles. The smallest absolute Gasteiger partial charge is 0.0711 e. The number of nitrogens with zero attached hydrogens (tertiary/aromatic N) is 1. The summed E-state index contributed by atoms with van der Waals surface area (Å²) in [4.78, 5) is 5.26. The molecule has 260 valence electrons. The van der Waals surface area contributed by atoms with Crippen LogP contribution in [-0.4, -0.2) is 5.71 Å². The third-order valence-electron chi connectivity index (χ3n) is 9.70. The van der Waals surface area contributed by atoms with E-state index in [1.165, 1.54) is 21.9 Å². The van der Waals surface area contributed by atoms with E-state index >= 15 is 0 Å². The molecule has 54 heavy (non-hydrogen) atoms. The number of hydrogen-bond donors (Lipinski definition) is 0. The zero-order valence-corrected chi connectivity index (χ0v) is 30.9. The molecule has 0 aromatic heterocycles. The van der Waals surface area contributed by atoms with Crippen LogP contribution < -0.4 is 0 Å². The van der Waals surface area contributed by atoms with Gasteiger partial charge in [-0.2, -0.15) is 0 Å². The van der Waals surface area contributed by atoms with Crippen LogP contribution in [0.4, 0.5) is 0 Å². The van der Waals surface area contributed by atoms with Crippen LogP contribution in [0.25, 0.3) is 61.0 Å². The fraction of sp³-hybridized carbons (Fsp3) is 0.0377. The molecule has 0 aliphatic heterocycles. The fourth-order valence-electron chi connectivity index (χ4n) is 6.79. The summed E-state index contributed by atoms with van der Waals surface area (Å²) < 4.78 is 0. The van der Waals surface area contributed by atoms with Crippen molar-refractivity contribution in [2.24, 2.45) is 4.99 Å². The summed E-state index contributed by atoms with van der Waals surface area (Å²) in [5.41, 5.74) is 14.9. The molecule has 1 nitrogen and oxygen atoms in total. The minimum absolute atomic E-state index is 0.851. The van der Waals surface area contributed by atoms with Crippen molar-refractivity contribution in [1.29, 1.82) is 0 Å². The average molecular weight is 694 g/mol. The van der Waals surface area contributed by atoms with Crippen molar-refractivity contribution in [2.75, 3.05) is 0 Å². The van der Waals surface area contributed by atoms with Gasteiger partial charge in [0, 0.05) is 11.3 Å². The zero-order valence-electron chi connectivity index (χ0n) is 30.9. The Bertz CT molecular complexity index is 2560. The second-order valence-electron chi connectivity index (χ2n) is 13.3. The van der Waals surface area contributed by atoms with Gasteiger partial charge >= 0.3 is 0 Å². The Kier molecular flexibility index (Phi) is 11.0. The van der Waals surface area contributed by atoms with Gasteiger partial charge in [-0.25, -0.2) is 0 Å². The first-order chi connectivity index (χ1) is 26.5. The average Bonchev–Trinajstić information content (AvgIpc) is 3.24. The minimum Gasteiger partial charge on any atom is -0.252 e. The van der Waals surface area contributed by atoms with Crippen molar-refractivity contribution in [2.45, 2.75) is 13.8 Å². The van der Waals surface area contributed by atoms with E-state index in [9.17, 15) is 0 Å². The van der Waals surface area contributed by atoms with Crippen LogP contribution in [0, 0.1) is 0 Å². The van der Waals surface area contributed by atoms with Crippen molar-refractivity contribution in [3.05, 3.63) is 236 Å². The number of allylic oxidation sites excluding steroid dienone is 7. The Hall–Kier alpha value is -6.83. The van der Waals surface area contributed by atoms with Gasteiger partial charge in [-0.3, -0.25) is 4.99 Å². The molecule has 0 saturated carbocycles. The molecule has 0 heterocycles. The van der Waals surface area contributed by atoms with Crippen LogP contribution in [0.2, 0.25) is 0 Å². The predicted molar refractivity (Wildman–Crippen MR) is 235 cm³/mol. The number of rotatable bonds is 11. The number of benzene rings is 7. The summed E-state index contributed by atoms with van der Waals surface area (Å²) in [6, 6.07) is 60.0. The molecule has 0 bridgehead atoms. The van der Waals surface area contributed by atoms with Gasteiger partial charge in [-0.05, 0) is 116 Å². The largest absolute Gasteiger partial charge is 0.252 e. The van der Waals surface area contributed by atoms with Crippen LogP contribution >= 0.6 is 0 Å². The maximum absolute atomic E-state index is 5.26. The first kappa shape index (κ1) is 35.6. The van der Waals surface area contributed by atoms with E-state index in [4.69, 9.17) is 4.99 Å². The van der Waals surface area contributed by atoms with E-state index in [0.717, 1.165) is 67.1 Å². The third-order valence-corrected chi connectivity index (χ3v) is 9.70. The highest BCUT2D eigenvalue weighted by molar-refractivity contribution is 6.03. The monoisotopic (exact) mass is 693 g/mol. The molecule has 7 aromatic rings. The quantitative estimate of drug-likeness (QED) is 0.0945. The van der Waals surface area contributed by atoms with E-state index < -0.39 is 0 Å². The molecular weight excluding hydrogens is 651 g/mol. The van der Waals surface area contributed by atoms with Gasteiger partial charge in [0.25, 0.3) is 0 Å². The molecular formula is C53H43N. The maximum atomic E-state index is 5.26. The highest BCUT2D eigenvalue weighted by Crippen LogP contribution is 2.35. The van der Waals surface area contributed by atoms with Crippen LogP contribution in [0.15, 0.2) is 218 Å². The van der Waals surface area contributed by atoms with E-state index in [1.54, 1.807) is 0 Å². The van der Waals surface area contributed by atoms with Crippen molar-refractivity contribution in [3.63, 3.8) is 0 Å². The lowest BCUT2D eigenvalue weighted by atomic mass is 9.91. The molecule has 0 aliphatic rings. The number of aliphatic imine (C=N–C) groups is 1. The molecule has 0 radical (unpaired) electrons. The molecule has 1 heteroatoms. The fourth-order valence-corrected chi connectivity index (χ4v) is 6.79. The third kappa shape index (κ3) is 8.12. The summed E-state index contributed by atoms with van der Waals surface area (Å²) in [5.74, 6) is 0. The Labute approximate surface area is 320 Å². The Balaban J connectivity index is 1.33. The number of hydrogen-bond acceptors (Lipinski definition) is 1. The van der Waals surface area contributed by atoms with Crippen molar-refractivity contribution >= 4 is 33.3 Å². The van der Waals surface area contributed by atoms with Gasteiger partial charge in [-0.1, -0.05) is 183 Å². The van der Waals surface area contributed by atoms with Crippen LogP contribution in [-0.2, 0) is 0 Å². The van der Waals surface area contributed by atoms with Crippen molar-refractivity contribution in [3.8, 4) is 33.4 Å². The number of fused-ring (bicyclic) bond motifs is 1. The van der Waals surface area contributed by atoms with Crippen LogP contribution in [0.3, 0.4) is 0 Å². The lowest BCUT2D eigenvalue weighted by molar-refractivity contribution is 1.46. The first-order valence-electron chi connectivity index (χ1n) is 18.4. The van der Waals surface area contributed by atoms with Gasteiger partial charge in [0.1, 0.15) is 0 Å². The van der Waals surface area contributed by atoms with Gasteiger partial charge in [0.15, 0.2) is 0 Å². The highest BCUT2D eigenvalue weighted by atomic mass is 14.8. The summed E-state index contributed by atoms with van der Waals surface area (Å²) in [5, 5.41) is 2.47. The van der Waals surface area contributed by atoms with Gasteiger partial charge in [-0.15, -0.1) is 0 Å². The topological polar surface area (TPSA) is 12.4 Å². The Morgan fingerprint density at radius 2 is 1.15 bits per heavy atom. The summed E-state index contributed by atoms with van der Waals surface area (Å²) >= 11 is 0. The lowest BCUT2D eigenvalue weighted by Gasteiger charge is -2.14. The minimum atomic E-state index is 0.851. The zero-order chi connectivity index (χ0) is 37.3. The van der Waals surface area contributed by atoms with Gasteiger partial charge in [0.2, 0.25) is 0 Å². The SMILES string of the molecule is C=C/C(=C\C=C/C)c1cccc(-c2cc(C(=C)/C=C(\N=C(/C)c3ccccc3)c3ccc(-c4cccc5ccccc45)cc3)cc(-c3ccccc3)c2)c1. The summed E-state index contributed by atoms with van der Waals surface area (Å²) in [7, 11) is 0. The van der Waals surface area contributed by atoms with Crippen molar-refractivity contribution in [1.82, 2.24) is 0 Å². The lowest BCUT2D eigenvalue weighted by Crippen LogP contribution is -1.96. The maximum Gasteiger partial charge on any atom is 0.0711 e. The van der Waals surface area contributed by atoms with E-state index in [0.29, 0.717) is 0 Å². The molecule has 0 unspecified atom stereocenters. The van der Waals surface area contributed by atoms with E-state index in [1.807, 2.05) is 31.2 Å². The normalized spacial score (nSPS) is 12.3. The Morgan fingerprint density at radius 3 is 1.89 bits per heavy atom. The Morgan fingerprint density at radius 1 is 0.537 bits per heavy atom. The highest BCUT2D eigenvalue weighted by Gasteiger charge is 2.12.